The Hall–Kier alpha value is -2.72. The van der Waals surface area contributed by atoms with Crippen molar-refractivity contribution >= 4 is 17.7 Å². The van der Waals surface area contributed by atoms with E-state index in [1.54, 1.807) is 17.0 Å². The number of rotatable bonds is 7. The average molecular weight is 389 g/mol. The summed E-state index contributed by atoms with van der Waals surface area (Å²) in [7, 11) is 0. The van der Waals surface area contributed by atoms with Crippen LogP contribution < -0.4 is 0 Å². The molecule has 2 N–H and O–H groups in total. The van der Waals surface area contributed by atoms with Gasteiger partial charge in [-0.2, -0.15) is 0 Å². The Kier molecular flexibility index (Phi) is 7.30. The number of nitrogens with zero attached hydrogens (tertiary/aromatic N) is 1. The third-order valence-corrected chi connectivity index (χ3v) is 4.76. The van der Waals surface area contributed by atoms with Gasteiger partial charge >= 0.3 is 5.97 Å². The molecule has 3 atom stereocenters. The van der Waals surface area contributed by atoms with Crippen molar-refractivity contribution < 1.29 is 29.0 Å². The third kappa shape index (κ3) is 5.89. The molecule has 2 rings (SSSR count). The fraction of sp³-hybridized carbons (Fsp3) is 0.476. The highest BCUT2D eigenvalue weighted by Crippen LogP contribution is 2.32. The Morgan fingerprint density at radius 3 is 2.50 bits per heavy atom. The number of carbonyl (C=O) groups is 3. The SMILES string of the molecule is CC(C)[C@@H]1CC(=O)N(Cc2ccc(F)cc2)[C@@H]1C#C[C@H](O)CC(=O)CC(=O)O. The minimum atomic E-state index is -1.29. The van der Waals surface area contributed by atoms with Gasteiger partial charge in [0.05, 0.1) is 6.04 Å². The lowest BCUT2D eigenvalue weighted by molar-refractivity contribution is -0.140. The number of aliphatic carboxylic acids is 1. The molecule has 0 unspecified atom stereocenters. The van der Waals surface area contributed by atoms with Crippen molar-refractivity contribution in [2.75, 3.05) is 0 Å². The minimum absolute atomic E-state index is 0.0395. The second kappa shape index (κ2) is 9.47. The molecule has 0 bridgehead atoms. The maximum absolute atomic E-state index is 13.1. The predicted octanol–water partition coefficient (Wildman–Crippen LogP) is 2.00. The Morgan fingerprint density at radius 1 is 1.29 bits per heavy atom. The number of halogens is 1. The summed E-state index contributed by atoms with van der Waals surface area (Å²) < 4.78 is 13.1. The number of ketones is 1. The van der Waals surface area contributed by atoms with Crippen LogP contribution >= 0.6 is 0 Å². The molecule has 7 heteroatoms. The summed E-state index contributed by atoms with van der Waals surface area (Å²) in [4.78, 5) is 36.2. The molecule has 1 fully saturated rings. The number of aliphatic hydroxyl groups is 1. The molecule has 0 aliphatic carbocycles. The van der Waals surface area contributed by atoms with Crippen LogP contribution in [0.5, 0.6) is 0 Å². The van der Waals surface area contributed by atoms with E-state index in [4.69, 9.17) is 5.11 Å². The van der Waals surface area contributed by atoms with Crippen molar-refractivity contribution in [1.82, 2.24) is 4.90 Å². The predicted molar refractivity (Wildman–Crippen MR) is 99.3 cm³/mol. The maximum Gasteiger partial charge on any atom is 0.310 e. The van der Waals surface area contributed by atoms with E-state index in [-0.39, 0.29) is 36.5 Å². The molecule has 6 nitrogen and oxygen atoms in total. The lowest BCUT2D eigenvalue weighted by Crippen LogP contribution is -2.35. The van der Waals surface area contributed by atoms with Crippen LogP contribution in [0, 0.1) is 29.5 Å². The fourth-order valence-corrected chi connectivity index (χ4v) is 3.26. The lowest BCUT2D eigenvalue weighted by atomic mass is 9.88. The third-order valence-electron chi connectivity index (χ3n) is 4.76. The summed E-state index contributed by atoms with van der Waals surface area (Å²) in [6.07, 6.45) is -1.99. The van der Waals surface area contributed by atoms with Gasteiger partial charge in [0, 0.05) is 25.3 Å². The Balaban J connectivity index is 2.16. The Bertz CT molecular complexity index is 793. The number of carboxylic acids is 1. The monoisotopic (exact) mass is 389 g/mol. The van der Waals surface area contributed by atoms with Crippen LogP contribution in [0.15, 0.2) is 24.3 Å². The van der Waals surface area contributed by atoms with E-state index >= 15 is 0 Å². The highest BCUT2D eigenvalue weighted by molar-refractivity contribution is 5.95. The van der Waals surface area contributed by atoms with Gasteiger partial charge in [-0.05, 0) is 23.6 Å². The van der Waals surface area contributed by atoms with Gasteiger partial charge in [0.25, 0.3) is 0 Å². The van der Waals surface area contributed by atoms with Crippen molar-refractivity contribution in [1.29, 1.82) is 0 Å². The number of aliphatic hydroxyl groups excluding tert-OH is 1. The number of hydrogen-bond donors (Lipinski definition) is 2. The molecular weight excluding hydrogens is 365 g/mol. The van der Waals surface area contributed by atoms with Crippen molar-refractivity contribution in [2.24, 2.45) is 11.8 Å². The maximum atomic E-state index is 13.1. The fourth-order valence-electron chi connectivity index (χ4n) is 3.26. The quantitative estimate of drug-likeness (QED) is 0.549. The summed E-state index contributed by atoms with van der Waals surface area (Å²) in [5.41, 5.74) is 0.767. The van der Waals surface area contributed by atoms with Gasteiger partial charge in [-0.1, -0.05) is 37.8 Å². The molecular formula is C21H24FNO5. The molecule has 0 aromatic heterocycles. The Morgan fingerprint density at radius 2 is 1.93 bits per heavy atom. The van der Waals surface area contributed by atoms with Crippen LogP contribution in [-0.2, 0) is 20.9 Å². The van der Waals surface area contributed by atoms with Crippen molar-refractivity contribution in [3.8, 4) is 11.8 Å². The number of carboxylic acid groups (broad SMARTS) is 1. The average Bonchev–Trinajstić information content (AvgIpc) is 2.90. The topological polar surface area (TPSA) is 94.9 Å². The highest BCUT2D eigenvalue weighted by Gasteiger charge is 2.40. The van der Waals surface area contributed by atoms with Gasteiger partial charge in [0.2, 0.25) is 5.91 Å². The number of benzene rings is 1. The van der Waals surface area contributed by atoms with Crippen molar-refractivity contribution in [3.05, 3.63) is 35.6 Å². The zero-order valence-electron chi connectivity index (χ0n) is 15.9. The second-order valence-electron chi connectivity index (χ2n) is 7.32. The van der Waals surface area contributed by atoms with Crippen molar-refractivity contribution in [2.45, 2.75) is 51.8 Å². The molecule has 0 spiro atoms. The first kappa shape index (κ1) is 21.6. The van der Waals surface area contributed by atoms with Crippen LogP contribution in [0.25, 0.3) is 0 Å². The zero-order valence-corrected chi connectivity index (χ0v) is 15.9. The van der Waals surface area contributed by atoms with Crippen LogP contribution in [-0.4, -0.2) is 44.9 Å². The van der Waals surface area contributed by atoms with E-state index in [0.29, 0.717) is 6.42 Å². The lowest BCUT2D eigenvalue weighted by Gasteiger charge is -2.26. The van der Waals surface area contributed by atoms with E-state index in [1.807, 2.05) is 13.8 Å². The van der Waals surface area contributed by atoms with Gasteiger partial charge in [-0.15, -0.1) is 0 Å². The van der Waals surface area contributed by atoms with Crippen LogP contribution in [0.4, 0.5) is 4.39 Å². The number of likely N-dealkylation sites (tertiary alicyclic amines) is 1. The van der Waals surface area contributed by atoms with Gasteiger partial charge in [0.15, 0.2) is 0 Å². The molecule has 1 heterocycles. The molecule has 1 aromatic rings. The Labute approximate surface area is 163 Å². The number of amides is 1. The molecule has 1 aliphatic heterocycles. The second-order valence-corrected chi connectivity index (χ2v) is 7.32. The molecule has 1 aliphatic rings. The molecule has 1 aromatic carbocycles. The van der Waals surface area contributed by atoms with Crippen LogP contribution in [0.1, 0.15) is 38.7 Å². The normalized spacial score (nSPS) is 20.0. The van der Waals surface area contributed by atoms with E-state index in [1.165, 1.54) is 12.1 Å². The van der Waals surface area contributed by atoms with Gasteiger partial charge < -0.3 is 15.1 Å². The summed E-state index contributed by atoms with van der Waals surface area (Å²) in [5, 5.41) is 18.6. The number of Topliss-reactive ketones (excluding diaryl/α,β-unsaturated/α-hetero) is 1. The first-order chi connectivity index (χ1) is 13.2. The van der Waals surface area contributed by atoms with Gasteiger partial charge in [0.1, 0.15) is 24.1 Å². The van der Waals surface area contributed by atoms with Crippen LogP contribution in [0.3, 0.4) is 0 Å². The summed E-state index contributed by atoms with van der Waals surface area (Å²) in [6.45, 7) is 4.25. The van der Waals surface area contributed by atoms with Crippen LogP contribution in [0.2, 0.25) is 0 Å². The largest absolute Gasteiger partial charge is 0.481 e. The van der Waals surface area contributed by atoms with E-state index in [9.17, 15) is 23.9 Å². The van der Waals surface area contributed by atoms with E-state index in [2.05, 4.69) is 11.8 Å². The molecule has 28 heavy (non-hydrogen) atoms. The number of carbonyl (C=O) groups excluding carboxylic acids is 2. The standard InChI is InChI=1S/C21H24FNO5/c1-13(2)18-11-20(26)23(12-14-3-5-15(22)6-4-14)19(18)8-7-16(24)9-17(25)10-21(27)28/h3-6,13,16,18-19,24H,9-12H2,1-2H3,(H,27,28)/t16-,18-,19+/m0/s1. The summed E-state index contributed by atoms with van der Waals surface area (Å²) in [6, 6.07) is 5.43. The number of hydrogen-bond acceptors (Lipinski definition) is 4. The smallest absolute Gasteiger partial charge is 0.310 e. The summed E-state index contributed by atoms with van der Waals surface area (Å²) in [5.74, 6) is 3.35. The van der Waals surface area contributed by atoms with Crippen molar-refractivity contribution in [3.63, 3.8) is 0 Å². The first-order valence-corrected chi connectivity index (χ1v) is 9.14. The minimum Gasteiger partial charge on any atom is -0.481 e. The van der Waals surface area contributed by atoms with Gasteiger partial charge in [-0.25, -0.2) is 4.39 Å². The first-order valence-electron chi connectivity index (χ1n) is 9.14. The highest BCUT2D eigenvalue weighted by atomic mass is 19.1. The molecule has 150 valence electrons. The molecule has 1 amide bonds. The molecule has 1 saturated heterocycles. The summed E-state index contributed by atoms with van der Waals surface area (Å²) >= 11 is 0. The molecule has 0 radical (unpaired) electrons. The van der Waals surface area contributed by atoms with E-state index < -0.39 is 30.3 Å². The van der Waals surface area contributed by atoms with Gasteiger partial charge in [-0.3, -0.25) is 14.4 Å². The molecule has 0 saturated carbocycles. The van der Waals surface area contributed by atoms with E-state index in [0.717, 1.165) is 5.56 Å². The zero-order chi connectivity index (χ0) is 20.8.